The second-order valence-electron chi connectivity index (χ2n) is 3.50. The highest BCUT2D eigenvalue weighted by Crippen LogP contribution is 2.27. The molecule has 14 heavy (non-hydrogen) atoms. The van der Waals surface area contributed by atoms with E-state index in [9.17, 15) is 0 Å². The molecule has 1 rings (SSSR count). The molecule has 1 aromatic rings. The van der Waals surface area contributed by atoms with E-state index in [1.165, 1.54) is 0 Å². The van der Waals surface area contributed by atoms with Crippen molar-refractivity contribution in [2.45, 2.75) is 19.4 Å². The van der Waals surface area contributed by atoms with Gasteiger partial charge in [0.15, 0.2) is 0 Å². The lowest BCUT2D eigenvalue weighted by Gasteiger charge is -2.24. The standard InChI is InChI=1S/C11H17NO2/c1-3-14-10-7-5-4-6-9(10)11(2,12)8-13/h4-7,13H,3,8,12H2,1-2H3/t11-/m0/s1. The number of para-hydroxylation sites is 1. The summed E-state index contributed by atoms with van der Waals surface area (Å²) in [6.45, 7) is 4.20. The third-order valence-electron chi connectivity index (χ3n) is 2.13. The van der Waals surface area contributed by atoms with Crippen molar-refractivity contribution >= 4 is 0 Å². The van der Waals surface area contributed by atoms with Crippen molar-refractivity contribution < 1.29 is 9.84 Å². The van der Waals surface area contributed by atoms with Crippen molar-refractivity contribution in [3.05, 3.63) is 29.8 Å². The van der Waals surface area contributed by atoms with Crippen LogP contribution in [-0.4, -0.2) is 18.3 Å². The fraction of sp³-hybridized carbons (Fsp3) is 0.455. The molecule has 0 saturated carbocycles. The number of ether oxygens (including phenoxy) is 1. The van der Waals surface area contributed by atoms with Crippen LogP contribution in [0.4, 0.5) is 0 Å². The summed E-state index contributed by atoms with van der Waals surface area (Å²) in [5, 5.41) is 9.16. The molecule has 0 saturated heterocycles. The maximum Gasteiger partial charge on any atom is 0.124 e. The van der Waals surface area contributed by atoms with E-state index in [0.717, 1.165) is 11.3 Å². The average molecular weight is 195 g/mol. The molecule has 0 aliphatic heterocycles. The Morgan fingerprint density at radius 2 is 2.07 bits per heavy atom. The molecule has 0 spiro atoms. The van der Waals surface area contributed by atoms with E-state index in [1.54, 1.807) is 6.92 Å². The summed E-state index contributed by atoms with van der Waals surface area (Å²) in [4.78, 5) is 0. The van der Waals surface area contributed by atoms with Gasteiger partial charge in [0.1, 0.15) is 5.75 Å². The molecular weight excluding hydrogens is 178 g/mol. The fourth-order valence-corrected chi connectivity index (χ4v) is 1.30. The van der Waals surface area contributed by atoms with Crippen LogP contribution in [0.1, 0.15) is 19.4 Å². The van der Waals surface area contributed by atoms with E-state index < -0.39 is 5.54 Å². The lowest BCUT2D eigenvalue weighted by atomic mass is 9.93. The Balaban J connectivity index is 3.06. The Morgan fingerprint density at radius 3 is 2.64 bits per heavy atom. The Hall–Kier alpha value is -1.06. The minimum absolute atomic E-state index is 0.100. The van der Waals surface area contributed by atoms with Gasteiger partial charge in [-0.1, -0.05) is 18.2 Å². The predicted octanol–water partition coefficient (Wildman–Crippen LogP) is 1.25. The zero-order chi connectivity index (χ0) is 10.6. The zero-order valence-electron chi connectivity index (χ0n) is 8.66. The number of aliphatic hydroxyl groups excluding tert-OH is 1. The number of rotatable bonds is 4. The number of hydrogen-bond acceptors (Lipinski definition) is 3. The monoisotopic (exact) mass is 195 g/mol. The maximum atomic E-state index is 9.16. The minimum Gasteiger partial charge on any atom is -0.494 e. The van der Waals surface area contributed by atoms with Crippen LogP contribution >= 0.6 is 0 Å². The van der Waals surface area contributed by atoms with Crippen molar-refractivity contribution in [3.8, 4) is 5.75 Å². The first-order valence-corrected chi connectivity index (χ1v) is 4.74. The zero-order valence-corrected chi connectivity index (χ0v) is 8.66. The van der Waals surface area contributed by atoms with Crippen molar-refractivity contribution in [2.24, 2.45) is 5.73 Å². The van der Waals surface area contributed by atoms with Gasteiger partial charge in [0.2, 0.25) is 0 Å². The molecule has 3 N–H and O–H groups in total. The number of benzene rings is 1. The predicted molar refractivity (Wildman–Crippen MR) is 56.2 cm³/mol. The molecule has 1 atom stereocenters. The van der Waals surface area contributed by atoms with Crippen LogP contribution in [0.2, 0.25) is 0 Å². The lowest BCUT2D eigenvalue weighted by molar-refractivity contribution is 0.204. The molecule has 1 aromatic carbocycles. The molecule has 0 aliphatic rings. The highest BCUT2D eigenvalue weighted by molar-refractivity contribution is 5.38. The Bertz CT molecular complexity index is 297. The minimum atomic E-state index is -0.744. The summed E-state index contributed by atoms with van der Waals surface area (Å²) in [5.74, 6) is 0.744. The Kier molecular flexibility index (Phi) is 3.49. The Labute approximate surface area is 84.5 Å². The molecule has 0 unspecified atom stereocenters. The van der Waals surface area contributed by atoms with Gasteiger partial charge < -0.3 is 15.6 Å². The van der Waals surface area contributed by atoms with Crippen molar-refractivity contribution in [2.75, 3.05) is 13.2 Å². The maximum absolute atomic E-state index is 9.16. The van der Waals surface area contributed by atoms with Crippen LogP contribution in [0, 0.1) is 0 Å². The molecule has 0 fully saturated rings. The summed E-state index contributed by atoms with van der Waals surface area (Å²) in [6, 6.07) is 7.52. The third-order valence-corrected chi connectivity index (χ3v) is 2.13. The van der Waals surface area contributed by atoms with Gasteiger partial charge in [-0.15, -0.1) is 0 Å². The molecule has 0 bridgehead atoms. The first-order chi connectivity index (χ1) is 6.61. The van der Waals surface area contributed by atoms with E-state index in [1.807, 2.05) is 31.2 Å². The summed E-state index contributed by atoms with van der Waals surface area (Å²) in [6.07, 6.45) is 0. The normalized spacial score (nSPS) is 14.9. The van der Waals surface area contributed by atoms with Gasteiger partial charge in [-0.2, -0.15) is 0 Å². The topological polar surface area (TPSA) is 55.5 Å². The van der Waals surface area contributed by atoms with Gasteiger partial charge in [0, 0.05) is 5.56 Å². The van der Waals surface area contributed by atoms with Crippen LogP contribution in [0.15, 0.2) is 24.3 Å². The van der Waals surface area contributed by atoms with Gasteiger partial charge in [0.05, 0.1) is 18.8 Å². The van der Waals surface area contributed by atoms with E-state index in [-0.39, 0.29) is 6.61 Å². The van der Waals surface area contributed by atoms with E-state index in [0.29, 0.717) is 6.61 Å². The average Bonchev–Trinajstić information content (AvgIpc) is 2.19. The largest absolute Gasteiger partial charge is 0.494 e. The van der Waals surface area contributed by atoms with Gasteiger partial charge >= 0.3 is 0 Å². The van der Waals surface area contributed by atoms with E-state index >= 15 is 0 Å². The van der Waals surface area contributed by atoms with Gasteiger partial charge in [0.25, 0.3) is 0 Å². The molecular formula is C11H17NO2. The molecule has 0 radical (unpaired) electrons. The van der Waals surface area contributed by atoms with Gasteiger partial charge in [-0.25, -0.2) is 0 Å². The van der Waals surface area contributed by atoms with Crippen molar-refractivity contribution in [1.29, 1.82) is 0 Å². The van der Waals surface area contributed by atoms with Crippen LogP contribution in [-0.2, 0) is 5.54 Å². The highest BCUT2D eigenvalue weighted by Gasteiger charge is 2.23. The molecule has 0 amide bonds. The summed E-state index contributed by atoms with van der Waals surface area (Å²) < 4.78 is 5.43. The summed E-state index contributed by atoms with van der Waals surface area (Å²) in [5.41, 5.74) is 6.03. The third kappa shape index (κ3) is 2.25. The first-order valence-electron chi connectivity index (χ1n) is 4.74. The SMILES string of the molecule is CCOc1ccccc1[C@@](C)(N)CO. The second kappa shape index (κ2) is 4.44. The van der Waals surface area contributed by atoms with Crippen LogP contribution in [0.25, 0.3) is 0 Å². The summed E-state index contributed by atoms with van der Waals surface area (Å²) >= 11 is 0. The molecule has 0 aliphatic carbocycles. The first kappa shape index (κ1) is 11.0. The molecule has 3 nitrogen and oxygen atoms in total. The smallest absolute Gasteiger partial charge is 0.124 e. The molecule has 78 valence electrons. The van der Waals surface area contributed by atoms with Crippen molar-refractivity contribution in [3.63, 3.8) is 0 Å². The van der Waals surface area contributed by atoms with Crippen molar-refractivity contribution in [1.82, 2.24) is 0 Å². The van der Waals surface area contributed by atoms with Crippen LogP contribution in [0.3, 0.4) is 0 Å². The van der Waals surface area contributed by atoms with Crippen LogP contribution in [0.5, 0.6) is 5.75 Å². The Morgan fingerprint density at radius 1 is 1.43 bits per heavy atom. The second-order valence-corrected chi connectivity index (χ2v) is 3.50. The van der Waals surface area contributed by atoms with Crippen LogP contribution < -0.4 is 10.5 Å². The van der Waals surface area contributed by atoms with Gasteiger partial charge in [-0.05, 0) is 19.9 Å². The molecule has 3 heteroatoms. The van der Waals surface area contributed by atoms with Gasteiger partial charge in [-0.3, -0.25) is 0 Å². The number of hydrogen-bond donors (Lipinski definition) is 2. The summed E-state index contributed by atoms with van der Waals surface area (Å²) in [7, 11) is 0. The lowest BCUT2D eigenvalue weighted by Crippen LogP contribution is -2.37. The highest BCUT2D eigenvalue weighted by atomic mass is 16.5. The molecule has 0 aromatic heterocycles. The molecule has 0 heterocycles. The fourth-order valence-electron chi connectivity index (χ4n) is 1.30. The van der Waals surface area contributed by atoms with E-state index in [2.05, 4.69) is 0 Å². The number of aliphatic hydroxyl groups is 1. The van der Waals surface area contributed by atoms with E-state index in [4.69, 9.17) is 15.6 Å². The number of nitrogens with two attached hydrogens (primary N) is 1. The quantitative estimate of drug-likeness (QED) is 0.760.